The van der Waals surface area contributed by atoms with Crippen molar-refractivity contribution < 1.29 is 4.79 Å². The molecule has 0 spiro atoms. The molecule has 1 N–H and O–H groups in total. The van der Waals surface area contributed by atoms with Crippen LogP contribution in [0.3, 0.4) is 0 Å². The molecule has 4 heterocycles. The molecule has 1 aromatic carbocycles. The third-order valence-corrected chi connectivity index (χ3v) is 6.05. The highest BCUT2D eigenvalue weighted by Gasteiger charge is 2.33. The molecule has 0 bridgehead atoms. The smallest absolute Gasteiger partial charge is 0.248 e. The van der Waals surface area contributed by atoms with Gasteiger partial charge in [-0.15, -0.1) is 0 Å². The van der Waals surface area contributed by atoms with Crippen molar-refractivity contribution in [2.45, 2.75) is 25.2 Å². The van der Waals surface area contributed by atoms with Crippen LogP contribution in [-0.4, -0.2) is 44.3 Å². The van der Waals surface area contributed by atoms with Crippen molar-refractivity contribution in [2.75, 3.05) is 13.1 Å². The van der Waals surface area contributed by atoms with Gasteiger partial charge in [0.15, 0.2) is 0 Å². The molecule has 0 atom stereocenters. The summed E-state index contributed by atoms with van der Waals surface area (Å²) < 4.78 is 1.90. The lowest BCUT2D eigenvalue weighted by atomic mass is 9.90. The Balaban J connectivity index is 1.44. The lowest BCUT2D eigenvalue weighted by molar-refractivity contribution is -0.126. The van der Waals surface area contributed by atoms with E-state index < -0.39 is 0 Å². The van der Waals surface area contributed by atoms with E-state index in [1.807, 2.05) is 40.1 Å². The maximum atomic E-state index is 12.8. The summed E-state index contributed by atoms with van der Waals surface area (Å²) in [6.45, 7) is 0.880. The maximum absolute atomic E-state index is 12.8. The lowest BCUT2D eigenvalue weighted by Crippen LogP contribution is -2.36. The second-order valence-corrected chi connectivity index (χ2v) is 7.90. The fourth-order valence-corrected chi connectivity index (χ4v) is 4.44. The van der Waals surface area contributed by atoms with E-state index in [0.29, 0.717) is 5.92 Å². The summed E-state index contributed by atoms with van der Waals surface area (Å²) in [5.41, 5.74) is 6.82. The van der Waals surface area contributed by atoms with Crippen molar-refractivity contribution in [1.29, 1.82) is 0 Å². The summed E-state index contributed by atoms with van der Waals surface area (Å²) in [5, 5.41) is 0. The summed E-state index contributed by atoms with van der Waals surface area (Å²) in [6.07, 6.45) is 11.1. The molecule has 6 rings (SSSR count). The van der Waals surface area contributed by atoms with Crippen LogP contribution in [0.2, 0.25) is 0 Å². The predicted octanol–water partition coefficient (Wildman–Crippen LogP) is 3.44. The molecule has 0 unspecified atom stereocenters. The largest absolute Gasteiger partial charge is 0.360 e. The second kappa shape index (κ2) is 6.30. The van der Waals surface area contributed by atoms with Crippen LogP contribution in [0, 0.1) is 0 Å². The fraction of sp³-hybridized carbons (Fsp3) is 0.261. The minimum Gasteiger partial charge on any atom is -0.360 e. The summed E-state index contributed by atoms with van der Waals surface area (Å²) >= 11 is 0. The fourth-order valence-electron chi connectivity index (χ4n) is 4.44. The molecule has 3 aromatic rings. The van der Waals surface area contributed by atoms with Crippen molar-refractivity contribution in [3.05, 3.63) is 71.8 Å². The number of rotatable bonds is 2. The Hall–Kier alpha value is -3.41. The third kappa shape index (κ3) is 2.75. The van der Waals surface area contributed by atoms with Gasteiger partial charge in [-0.05, 0) is 48.4 Å². The Morgan fingerprint density at radius 1 is 1.14 bits per heavy atom. The van der Waals surface area contributed by atoms with Crippen LogP contribution in [0.15, 0.2) is 60.1 Å². The Bertz CT molecular complexity index is 1160. The number of hydrogen-bond acceptors (Lipinski definition) is 3. The zero-order valence-electron chi connectivity index (χ0n) is 16.0. The van der Waals surface area contributed by atoms with Crippen molar-refractivity contribution in [3.63, 3.8) is 0 Å². The molecule has 2 aliphatic heterocycles. The first-order chi connectivity index (χ1) is 14.3. The van der Waals surface area contributed by atoms with Gasteiger partial charge in [0.05, 0.1) is 11.4 Å². The van der Waals surface area contributed by atoms with E-state index in [9.17, 15) is 4.79 Å². The molecule has 1 amide bonds. The summed E-state index contributed by atoms with van der Waals surface area (Å²) in [7, 11) is 0. The summed E-state index contributed by atoms with van der Waals surface area (Å²) in [6, 6.07) is 10.5. The van der Waals surface area contributed by atoms with Crippen molar-refractivity contribution >= 4 is 17.4 Å². The zero-order chi connectivity index (χ0) is 19.4. The number of aliphatic imine (C=N–C) groups is 1. The second-order valence-electron chi connectivity index (χ2n) is 7.90. The van der Waals surface area contributed by atoms with Crippen LogP contribution in [0.4, 0.5) is 0 Å². The first-order valence-electron chi connectivity index (χ1n) is 10.1. The maximum Gasteiger partial charge on any atom is 0.248 e. The average Bonchev–Trinajstić information content (AvgIpc) is 3.27. The highest BCUT2D eigenvalue weighted by atomic mass is 16.2. The number of allylic oxidation sites excluding steroid dienone is 1. The molecule has 1 aliphatic carbocycles. The van der Waals surface area contributed by atoms with E-state index >= 15 is 0 Å². The number of H-pyrrole nitrogens is 1. The van der Waals surface area contributed by atoms with Crippen LogP contribution in [0.25, 0.3) is 17.1 Å². The number of aromatic nitrogens is 3. The Kier molecular flexibility index (Phi) is 3.59. The Morgan fingerprint density at radius 2 is 2.07 bits per heavy atom. The number of benzene rings is 1. The molecule has 144 valence electrons. The quantitative estimate of drug-likeness (QED) is 0.737. The molecule has 29 heavy (non-hydrogen) atoms. The highest BCUT2D eigenvalue weighted by molar-refractivity contribution is 6.06. The number of nitrogens with one attached hydrogen (secondary N) is 1. The van der Waals surface area contributed by atoms with Crippen molar-refractivity contribution in [1.82, 2.24) is 19.4 Å². The number of carbonyl (C=O) groups is 1. The van der Waals surface area contributed by atoms with Gasteiger partial charge in [0.1, 0.15) is 24.4 Å². The van der Waals surface area contributed by atoms with Gasteiger partial charge in [-0.3, -0.25) is 14.4 Å². The van der Waals surface area contributed by atoms with Gasteiger partial charge >= 0.3 is 0 Å². The van der Waals surface area contributed by atoms with E-state index in [1.165, 1.54) is 29.5 Å². The molecule has 3 aliphatic rings. The highest BCUT2D eigenvalue weighted by Crippen LogP contribution is 2.44. The molecular weight excluding hydrogens is 362 g/mol. The van der Waals surface area contributed by atoms with Crippen LogP contribution >= 0.6 is 0 Å². The molecule has 0 radical (unpaired) electrons. The first kappa shape index (κ1) is 16.5. The molecule has 0 saturated heterocycles. The van der Waals surface area contributed by atoms with Crippen molar-refractivity contribution in [3.8, 4) is 11.4 Å². The van der Waals surface area contributed by atoms with Crippen LogP contribution < -0.4 is 0 Å². The first-order valence-corrected chi connectivity index (χ1v) is 10.1. The molecule has 6 nitrogen and oxygen atoms in total. The van der Waals surface area contributed by atoms with Gasteiger partial charge in [-0.1, -0.05) is 18.2 Å². The normalized spacial score (nSPS) is 18.6. The SMILES string of the molecule is O=C1CN=C(n2cnc(-c3ccc[nH]3)c2)C=C2c3cccc(C4CC4)c3CCN12. The molecule has 1 fully saturated rings. The van der Waals surface area contributed by atoms with E-state index in [2.05, 4.69) is 33.2 Å². The standard InChI is InChI=1S/C23H21N5O/c29-23-12-25-22(27-13-20(26-14-27)19-5-2-9-24-19)11-21-18-4-1-3-16(15-6-7-15)17(18)8-10-28(21)23/h1-5,9,11,13-15,24H,6-8,10,12H2. The van der Waals surface area contributed by atoms with E-state index in [4.69, 9.17) is 0 Å². The topological polar surface area (TPSA) is 66.3 Å². The van der Waals surface area contributed by atoms with Gasteiger partial charge < -0.3 is 9.88 Å². The molecule has 6 heteroatoms. The van der Waals surface area contributed by atoms with Gasteiger partial charge in [0.25, 0.3) is 0 Å². The van der Waals surface area contributed by atoms with E-state index in [-0.39, 0.29) is 12.5 Å². The summed E-state index contributed by atoms with van der Waals surface area (Å²) in [5.74, 6) is 1.49. The predicted molar refractivity (Wildman–Crippen MR) is 112 cm³/mol. The number of imidazole rings is 1. The van der Waals surface area contributed by atoms with Gasteiger partial charge in [-0.2, -0.15) is 0 Å². The van der Waals surface area contributed by atoms with Gasteiger partial charge in [0.2, 0.25) is 5.91 Å². The van der Waals surface area contributed by atoms with Crippen LogP contribution in [0.1, 0.15) is 35.4 Å². The molecular formula is C23H21N5O. The van der Waals surface area contributed by atoms with E-state index in [1.54, 1.807) is 6.33 Å². The zero-order valence-corrected chi connectivity index (χ0v) is 16.0. The van der Waals surface area contributed by atoms with Gasteiger partial charge in [0, 0.05) is 30.6 Å². The Morgan fingerprint density at radius 3 is 2.90 bits per heavy atom. The third-order valence-electron chi connectivity index (χ3n) is 6.05. The van der Waals surface area contributed by atoms with Gasteiger partial charge in [-0.25, -0.2) is 4.98 Å². The number of carbonyl (C=O) groups excluding carboxylic acids is 1. The minimum absolute atomic E-state index is 0.0541. The number of hydrogen-bond donors (Lipinski definition) is 1. The molecule has 2 aromatic heterocycles. The minimum atomic E-state index is 0.0541. The molecule has 1 saturated carbocycles. The monoisotopic (exact) mass is 383 g/mol. The average molecular weight is 383 g/mol. The number of aromatic amines is 1. The Labute approximate surface area is 168 Å². The lowest BCUT2D eigenvalue weighted by Gasteiger charge is -2.32. The van der Waals surface area contributed by atoms with E-state index in [0.717, 1.165) is 35.9 Å². The number of nitrogens with zero attached hydrogens (tertiary/aromatic N) is 4. The van der Waals surface area contributed by atoms with Crippen LogP contribution in [-0.2, 0) is 11.2 Å². The van der Waals surface area contributed by atoms with Crippen molar-refractivity contribution in [2.24, 2.45) is 4.99 Å². The number of fused-ring (bicyclic) bond motifs is 3. The number of amides is 1. The van der Waals surface area contributed by atoms with Crippen LogP contribution in [0.5, 0.6) is 0 Å². The summed E-state index contributed by atoms with van der Waals surface area (Å²) in [4.78, 5) is 27.0.